The van der Waals surface area contributed by atoms with Crippen molar-refractivity contribution in [1.82, 2.24) is 10.2 Å². The van der Waals surface area contributed by atoms with Crippen LogP contribution in [-0.2, 0) is 4.79 Å². The molecule has 7 heteroatoms. The second kappa shape index (κ2) is 7.45. The number of carboxylic acid groups (broad SMARTS) is 1. The van der Waals surface area contributed by atoms with Gasteiger partial charge in [0.2, 0.25) is 0 Å². The minimum atomic E-state index is -4.21. The molecule has 1 rings (SSSR count). The molecule has 2 unspecified atom stereocenters. The van der Waals surface area contributed by atoms with Crippen LogP contribution in [0.2, 0.25) is 0 Å². The summed E-state index contributed by atoms with van der Waals surface area (Å²) in [5, 5.41) is 12.6. The quantitative estimate of drug-likeness (QED) is 0.723. The van der Waals surface area contributed by atoms with Crippen molar-refractivity contribution in [2.24, 2.45) is 5.92 Å². The van der Waals surface area contributed by atoms with Gasteiger partial charge in [-0.25, -0.2) is 0 Å². The number of carbonyl (C=O) groups is 1. The molecule has 21 heavy (non-hydrogen) atoms. The number of halogens is 3. The van der Waals surface area contributed by atoms with E-state index < -0.39 is 24.2 Å². The smallest absolute Gasteiger partial charge is 0.401 e. The molecule has 4 nitrogen and oxygen atoms in total. The van der Waals surface area contributed by atoms with Crippen LogP contribution >= 0.6 is 0 Å². The first-order valence-corrected chi connectivity index (χ1v) is 7.52. The molecule has 0 bridgehead atoms. The Kier molecular flexibility index (Phi) is 6.46. The molecule has 0 aromatic carbocycles. The number of carboxylic acids is 1. The van der Waals surface area contributed by atoms with Crippen LogP contribution in [0.25, 0.3) is 0 Å². The molecule has 0 radical (unpaired) electrons. The lowest BCUT2D eigenvalue weighted by Gasteiger charge is -2.33. The monoisotopic (exact) mass is 310 g/mol. The van der Waals surface area contributed by atoms with E-state index in [4.69, 9.17) is 0 Å². The van der Waals surface area contributed by atoms with E-state index in [1.54, 1.807) is 6.92 Å². The molecule has 1 saturated carbocycles. The number of aliphatic carboxylic acids is 1. The third kappa shape index (κ3) is 4.85. The molecule has 1 aliphatic carbocycles. The van der Waals surface area contributed by atoms with E-state index >= 15 is 0 Å². The number of nitrogens with zero attached hydrogens (tertiary/aromatic N) is 1. The zero-order valence-electron chi connectivity index (χ0n) is 12.7. The van der Waals surface area contributed by atoms with Crippen molar-refractivity contribution in [2.75, 3.05) is 26.2 Å². The topological polar surface area (TPSA) is 52.6 Å². The maximum absolute atomic E-state index is 12.4. The normalized spacial score (nSPS) is 26.5. The SMILES string of the molecule is CCNC1(C(=O)O)CCCC1CCN(CC)CC(F)(F)F. The molecule has 0 aromatic rings. The summed E-state index contributed by atoms with van der Waals surface area (Å²) in [6.45, 7) is 3.74. The highest BCUT2D eigenvalue weighted by atomic mass is 19.4. The van der Waals surface area contributed by atoms with Crippen molar-refractivity contribution in [1.29, 1.82) is 0 Å². The minimum Gasteiger partial charge on any atom is -0.480 e. The summed E-state index contributed by atoms with van der Waals surface area (Å²) in [6, 6.07) is 0. The van der Waals surface area contributed by atoms with E-state index in [0.29, 0.717) is 25.9 Å². The lowest BCUT2D eigenvalue weighted by molar-refractivity contribution is -0.149. The van der Waals surface area contributed by atoms with Gasteiger partial charge >= 0.3 is 12.1 Å². The van der Waals surface area contributed by atoms with Gasteiger partial charge < -0.3 is 10.4 Å². The summed E-state index contributed by atoms with van der Waals surface area (Å²) in [5.74, 6) is -0.997. The van der Waals surface area contributed by atoms with Crippen molar-refractivity contribution < 1.29 is 23.1 Å². The Hall–Kier alpha value is -0.820. The first-order chi connectivity index (χ1) is 9.75. The van der Waals surface area contributed by atoms with Gasteiger partial charge in [-0.15, -0.1) is 0 Å². The number of hydrogen-bond acceptors (Lipinski definition) is 3. The largest absolute Gasteiger partial charge is 0.480 e. The Morgan fingerprint density at radius 1 is 1.43 bits per heavy atom. The van der Waals surface area contributed by atoms with Gasteiger partial charge in [0.1, 0.15) is 5.54 Å². The molecule has 0 spiro atoms. The summed E-state index contributed by atoms with van der Waals surface area (Å²) < 4.78 is 37.3. The van der Waals surface area contributed by atoms with Crippen molar-refractivity contribution in [3.63, 3.8) is 0 Å². The van der Waals surface area contributed by atoms with Crippen LogP contribution in [0.3, 0.4) is 0 Å². The average Bonchev–Trinajstić information content (AvgIpc) is 2.78. The molecule has 124 valence electrons. The van der Waals surface area contributed by atoms with Gasteiger partial charge in [0.15, 0.2) is 0 Å². The molecular weight excluding hydrogens is 285 g/mol. The molecule has 0 aromatic heterocycles. The molecule has 0 aliphatic heterocycles. The van der Waals surface area contributed by atoms with Crippen molar-refractivity contribution in [3.8, 4) is 0 Å². The number of rotatable bonds is 8. The summed E-state index contributed by atoms with van der Waals surface area (Å²) in [6.07, 6.45) is -1.63. The summed E-state index contributed by atoms with van der Waals surface area (Å²) >= 11 is 0. The van der Waals surface area contributed by atoms with Gasteiger partial charge in [0, 0.05) is 0 Å². The fraction of sp³-hybridized carbons (Fsp3) is 0.929. The molecule has 0 saturated heterocycles. The Bertz CT molecular complexity index is 350. The van der Waals surface area contributed by atoms with E-state index in [2.05, 4.69) is 5.32 Å². The highest BCUT2D eigenvalue weighted by molar-refractivity contribution is 5.79. The number of alkyl halides is 3. The predicted molar refractivity (Wildman–Crippen MR) is 74.2 cm³/mol. The van der Waals surface area contributed by atoms with Crippen LogP contribution in [0.4, 0.5) is 13.2 Å². The second-order valence-corrected chi connectivity index (χ2v) is 5.67. The second-order valence-electron chi connectivity index (χ2n) is 5.67. The van der Waals surface area contributed by atoms with Gasteiger partial charge in [-0.3, -0.25) is 9.69 Å². The molecule has 1 fully saturated rings. The highest BCUT2D eigenvalue weighted by Crippen LogP contribution is 2.38. The van der Waals surface area contributed by atoms with Crippen LogP contribution in [0.1, 0.15) is 39.5 Å². The molecule has 2 atom stereocenters. The maximum atomic E-state index is 12.4. The van der Waals surface area contributed by atoms with Gasteiger partial charge in [0.25, 0.3) is 0 Å². The van der Waals surface area contributed by atoms with Gasteiger partial charge in [-0.1, -0.05) is 20.3 Å². The van der Waals surface area contributed by atoms with E-state index in [0.717, 1.165) is 12.8 Å². The van der Waals surface area contributed by atoms with Crippen LogP contribution in [-0.4, -0.2) is 53.9 Å². The predicted octanol–water partition coefficient (Wildman–Crippen LogP) is 2.49. The number of nitrogens with one attached hydrogen (secondary N) is 1. The zero-order valence-corrected chi connectivity index (χ0v) is 12.7. The molecule has 0 amide bonds. The van der Waals surface area contributed by atoms with E-state index in [-0.39, 0.29) is 12.5 Å². The van der Waals surface area contributed by atoms with E-state index in [1.807, 2.05) is 6.92 Å². The number of hydrogen-bond donors (Lipinski definition) is 2. The maximum Gasteiger partial charge on any atom is 0.401 e. The van der Waals surface area contributed by atoms with Crippen LogP contribution in [0, 0.1) is 5.92 Å². The number of likely N-dealkylation sites (N-methyl/N-ethyl adjacent to an activating group) is 1. The van der Waals surface area contributed by atoms with Gasteiger partial charge in [-0.05, 0) is 44.8 Å². The third-order valence-corrected chi connectivity index (χ3v) is 4.34. The van der Waals surface area contributed by atoms with Crippen LogP contribution < -0.4 is 5.32 Å². The summed E-state index contributed by atoms with van der Waals surface area (Å²) in [4.78, 5) is 12.9. The van der Waals surface area contributed by atoms with Crippen molar-refractivity contribution in [3.05, 3.63) is 0 Å². The van der Waals surface area contributed by atoms with Crippen LogP contribution in [0.5, 0.6) is 0 Å². The van der Waals surface area contributed by atoms with Gasteiger partial charge in [0.05, 0.1) is 6.54 Å². The Labute approximate surface area is 123 Å². The molecule has 2 N–H and O–H groups in total. The third-order valence-electron chi connectivity index (χ3n) is 4.34. The molecular formula is C14H25F3N2O2. The summed E-state index contributed by atoms with van der Waals surface area (Å²) in [7, 11) is 0. The fourth-order valence-electron chi connectivity index (χ4n) is 3.31. The van der Waals surface area contributed by atoms with E-state index in [1.165, 1.54) is 4.90 Å². The summed E-state index contributed by atoms with van der Waals surface area (Å²) in [5.41, 5.74) is -0.966. The lowest BCUT2D eigenvalue weighted by Crippen LogP contribution is -2.55. The molecule has 1 aliphatic rings. The van der Waals surface area contributed by atoms with E-state index in [9.17, 15) is 23.1 Å². The van der Waals surface area contributed by atoms with Crippen LogP contribution in [0.15, 0.2) is 0 Å². The lowest BCUT2D eigenvalue weighted by atomic mass is 9.84. The Balaban J connectivity index is 2.65. The van der Waals surface area contributed by atoms with Gasteiger partial charge in [-0.2, -0.15) is 13.2 Å². The first kappa shape index (κ1) is 18.2. The first-order valence-electron chi connectivity index (χ1n) is 7.52. The Morgan fingerprint density at radius 2 is 2.10 bits per heavy atom. The fourth-order valence-corrected chi connectivity index (χ4v) is 3.31. The Morgan fingerprint density at radius 3 is 2.57 bits per heavy atom. The zero-order chi connectivity index (χ0) is 16.1. The minimum absolute atomic E-state index is 0.114. The van der Waals surface area contributed by atoms with Crippen molar-refractivity contribution >= 4 is 5.97 Å². The standard InChI is InChI=1S/C14H25F3N2O2/c1-3-18-13(12(20)21)8-5-6-11(13)7-9-19(4-2)10-14(15,16)17/h11,18H,3-10H2,1-2H3,(H,20,21). The highest BCUT2D eigenvalue weighted by Gasteiger charge is 2.48. The van der Waals surface area contributed by atoms with Crippen molar-refractivity contribution in [2.45, 2.75) is 51.2 Å². The molecule has 0 heterocycles. The average molecular weight is 310 g/mol.